The van der Waals surface area contributed by atoms with E-state index in [0.717, 1.165) is 12.8 Å². The first-order chi connectivity index (χ1) is 11.3. The molecule has 1 aliphatic rings. The third kappa shape index (κ3) is 5.21. The van der Waals surface area contributed by atoms with Crippen molar-refractivity contribution in [2.45, 2.75) is 57.7 Å². The second-order valence-electron chi connectivity index (χ2n) is 7.82. The van der Waals surface area contributed by atoms with Gasteiger partial charge in [-0.25, -0.2) is 4.79 Å². The molecule has 2 rings (SSSR count). The van der Waals surface area contributed by atoms with Crippen molar-refractivity contribution in [3.05, 3.63) is 35.9 Å². The monoisotopic (exact) mass is 333 g/mol. The van der Waals surface area contributed by atoms with Crippen LogP contribution in [0.2, 0.25) is 0 Å². The van der Waals surface area contributed by atoms with Gasteiger partial charge in [-0.15, -0.1) is 0 Å². The van der Waals surface area contributed by atoms with Crippen LogP contribution in [-0.4, -0.2) is 35.4 Å². The molecule has 2 atom stereocenters. The van der Waals surface area contributed by atoms with Crippen LogP contribution in [0, 0.1) is 5.92 Å². The van der Waals surface area contributed by atoms with Crippen LogP contribution in [0.1, 0.15) is 52.1 Å². The van der Waals surface area contributed by atoms with Gasteiger partial charge >= 0.3 is 6.03 Å². The molecule has 1 aromatic carbocycles. The van der Waals surface area contributed by atoms with Crippen molar-refractivity contribution in [1.29, 1.82) is 0 Å². The summed E-state index contributed by atoms with van der Waals surface area (Å²) in [4.78, 5) is 12.2. The van der Waals surface area contributed by atoms with Gasteiger partial charge in [0.1, 0.15) is 0 Å². The van der Waals surface area contributed by atoms with Crippen molar-refractivity contribution in [2.24, 2.45) is 5.92 Å². The van der Waals surface area contributed by atoms with Gasteiger partial charge < -0.3 is 21.1 Å². The lowest BCUT2D eigenvalue weighted by Crippen LogP contribution is -2.57. The molecule has 0 saturated heterocycles. The molecule has 1 aliphatic carbocycles. The predicted molar refractivity (Wildman–Crippen MR) is 96.8 cm³/mol. The largest absolute Gasteiger partial charge is 0.394 e. The number of hydrogen-bond acceptors (Lipinski definition) is 3. The summed E-state index contributed by atoms with van der Waals surface area (Å²) in [5.74, 6) is 0.387. The Morgan fingerprint density at radius 2 is 1.88 bits per heavy atom. The van der Waals surface area contributed by atoms with Gasteiger partial charge in [-0.05, 0) is 52.0 Å². The maximum atomic E-state index is 12.2. The third-order valence-corrected chi connectivity index (χ3v) is 4.80. The average molecular weight is 333 g/mol. The third-order valence-electron chi connectivity index (χ3n) is 4.80. The molecular formula is C19H31N3O2. The second-order valence-corrected chi connectivity index (χ2v) is 7.82. The number of hydrogen-bond donors (Lipinski definition) is 4. The van der Waals surface area contributed by atoms with Crippen molar-refractivity contribution >= 4 is 6.03 Å². The van der Waals surface area contributed by atoms with Gasteiger partial charge in [-0.3, -0.25) is 0 Å². The van der Waals surface area contributed by atoms with Gasteiger partial charge in [-0.2, -0.15) is 0 Å². The number of amides is 2. The van der Waals surface area contributed by atoms with E-state index < -0.39 is 5.54 Å². The molecule has 24 heavy (non-hydrogen) atoms. The molecule has 0 heterocycles. The molecule has 2 unspecified atom stereocenters. The van der Waals surface area contributed by atoms with Crippen LogP contribution in [0.5, 0.6) is 0 Å². The molecule has 0 aliphatic heterocycles. The van der Waals surface area contributed by atoms with Crippen LogP contribution < -0.4 is 16.0 Å². The normalized spacial score (nSPS) is 18.5. The fourth-order valence-corrected chi connectivity index (χ4v) is 3.06. The van der Waals surface area contributed by atoms with Crippen LogP contribution in [0.3, 0.4) is 0 Å². The summed E-state index contributed by atoms with van der Waals surface area (Å²) in [5, 5.41) is 19.0. The minimum Gasteiger partial charge on any atom is -0.394 e. The predicted octanol–water partition coefficient (Wildman–Crippen LogP) is 2.58. The number of benzene rings is 1. The highest BCUT2D eigenvalue weighted by Crippen LogP contribution is 2.39. The zero-order chi connectivity index (χ0) is 17.8. The lowest BCUT2D eigenvalue weighted by atomic mass is 9.97. The minimum absolute atomic E-state index is 0.0300. The zero-order valence-electron chi connectivity index (χ0n) is 15.2. The van der Waals surface area contributed by atoms with E-state index in [1.807, 2.05) is 25.1 Å². The molecule has 5 heteroatoms. The Balaban J connectivity index is 1.82. The number of carbonyl (C=O) groups is 1. The Labute approximate surface area is 145 Å². The topological polar surface area (TPSA) is 73.4 Å². The number of rotatable bonds is 8. The fraction of sp³-hybridized carbons (Fsp3) is 0.632. The van der Waals surface area contributed by atoms with E-state index >= 15 is 0 Å². The summed E-state index contributed by atoms with van der Waals surface area (Å²) in [6.07, 6.45) is 2.14. The fourth-order valence-electron chi connectivity index (χ4n) is 3.06. The maximum absolute atomic E-state index is 12.2. The Kier molecular flexibility index (Phi) is 5.88. The van der Waals surface area contributed by atoms with Gasteiger partial charge in [0.15, 0.2) is 0 Å². The molecule has 1 saturated carbocycles. The standard InChI is InChI=1S/C19H31N3O2/c1-14(15-8-6-5-7-9-15)21-18(2,3)12-20-17(24)22-19(4,13-23)16-10-11-16/h5-9,14,16,21,23H,10-13H2,1-4H3,(H2,20,22,24). The molecular weight excluding hydrogens is 302 g/mol. The van der Waals surface area contributed by atoms with Crippen molar-refractivity contribution < 1.29 is 9.90 Å². The number of nitrogens with one attached hydrogen (secondary N) is 3. The first-order valence-corrected chi connectivity index (χ1v) is 8.75. The van der Waals surface area contributed by atoms with Crippen LogP contribution in [-0.2, 0) is 0 Å². The van der Waals surface area contributed by atoms with Gasteiger partial charge in [-0.1, -0.05) is 30.3 Å². The summed E-state index contributed by atoms with van der Waals surface area (Å²) >= 11 is 0. The lowest BCUT2D eigenvalue weighted by Gasteiger charge is -2.33. The Bertz CT molecular complexity index is 543. The molecule has 4 N–H and O–H groups in total. The van der Waals surface area contributed by atoms with Gasteiger partial charge in [0.25, 0.3) is 0 Å². The molecule has 5 nitrogen and oxygen atoms in total. The molecule has 0 radical (unpaired) electrons. The number of urea groups is 1. The molecule has 134 valence electrons. The first-order valence-electron chi connectivity index (χ1n) is 8.75. The summed E-state index contributed by atoms with van der Waals surface area (Å²) < 4.78 is 0. The molecule has 0 bridgehead atoms. The summed E-state index contributed by atoms with van der Waals surface area (Å²) in [7, 11) is 0. The quantitative estimate of drug-likeness (QED) is 0.591. The van der Waals surface area contributed by atoms with Crippen LogP contribution in [0.25, 0.3) is 0 Å². The zero-order valence-corrected chi connectivity index (χ0v) is 15.2. The van der Waals surface area contributed by atoms with Crippen molar-refractivity contribution in [3.8, 4) is 0 Å². The van der Waals surface area contributed by atoms with E-state index in [9.17, 15) is 9.90 Å². The smallest absolute Gasteiger partial charge is 0.315 e. The second kappa shape index (κ2) is 7.53. The van der Waals surface area contributed by atoms with Crippen LogP contribution in [0.4, 0.5) is 4.79 Å². The van der Waals surface area contributed by atoms with E-state index in [4.69, 9.17) is 0 Å². The Morgan fingerprint density at radius 1 is 1.25 bits per heavy atom. The van der Waals surface area contributed by atoms with E-state index in [1.165, 1.54) is 5.56 Å². The van der Waals surface area contributed by atoms with Crippen molar-refractivity contribution in [1.82, 2.24) is 16.0 Å². The van der Waals surface area contributed by atoms with Crippen LogP contribution >= 0.6 is 0 Å². The SMILES string of the molecule is CC(NC(C)(C)CNC(=O)NC(C)(CO)C1CC1)c1ccccc1. The van der Waals surface area contributed by atoms with Crippen LogP contribution in [0.15, 0.2) is 30.3 Å². The maximum Gasteiger partial charge on any atom is 0.315 e. The Morgan fingerprint density at radius 3 is 2.42 bits per heavy atom. The van der Waals surface area contributed by atoms with E-state index in [1.54, 1.807) is 0 Å². The van der Waals surface area contributed by atoms with Gasteiger partial charge in [0, 0.05) is 18.1 Å². The highest BCUT2D eigenvalue weighted by atomic mass is 16.3. The molecule has 0 aromatic heterocycles. The summed E-state index contributed by atoms with van der Waals surface area (Å²) in [6.45, 7) is 8.63. The van der Waals surface area contributed by atoms with Gasteiger partial charge in [0.05, 0.1) is 12.1 Å². The average Bonchev–Trinajstić information content (AvgIpc) is 3.39. The van der Waals surface area contributed by atoms with E-state index in [-0.39, 0.29) is 24.2 Å². The number of aliphatic hydroxyl groups is 1. The van der Waals surface area contributed by atoms with Crippen molar-refractivity contribution in [3.63, 3.8) is 0 Å². The van der Waals surface area contributed by atoms with Gasteiger partial charge in [0.2, 0.25) is 0 Å². The lowest BCUT2D eigenvalue weighted by molar-refractivity contribution is 0.154. The highest BCUT2D eigenvalue weighted by Gasteiger charge is 2.42. The van der Waals surface area contributed by atoms with E-state index in [2.05, 4.69) is 48.9 Å². The molecule has 1 fully saturated rings. The molecule has 1 aromatic rings. The summed E-state index contributed by atoms with van der Waals surface area (Å²) in [5.41, 5.74) is 0.456. The van der Waals surface area contributed by atoms with E-state index in [0.29, 0.717) is 12.5 Å². The summed E-state index contributed by atoms with van der Waals surface area (Å²) in [6, 6.07) is 10.2. The molecule has 0 spiro atoms. The minimum atomic E-state index is -0.515. The number of aliphatic hydroxyl groups excluding tert-OH is 1. The first kappa shape index (κ1) is 18.7. The number of carbonyl (C=O) groups excluding carboxylic acids is 1. The Hall–Kier alpha value is -1.59. The molecule has 2 amide bonds. The highest BCUT2D eigenvalue weighted by molar-refractivity contribution is 5.75. The van der Waals surface area contributed by atoms with Crippen molar-refractivity contribution in [2.75, 3.05) is 13.2 Å².